The predicted molar refractivity (Wildman–Crippen MR) is 77.7 cm³/mol. The molecule has 2 atom stereocenters. The minimum atomic E-state index is -3.19. The highest BCUT2D eigenvalue weighted by atomic mass is 32.2. The largest absolute Gasteiger partial charge is 0.381 e. The zero-order chi connectivity index (χ0) is 14.7. The van der Waals surface area contributed by atoms with Crippen molar-refractivity contribution in [3.8, 4) is 0 Å². The Bertz CT molecular complexity index is 379. The van der Waals surface area contributed by atoms with Crippen molar-refractivity contribution in [2.75, 3.05) is 19.4 Å². The van der Waals surface area contributed by atoms with Crippen molar-refractivity contribution < 1.29 is 13.2 Å². The highest BCUT2D eigenvalue weighted by molar-refractivity contribution is 7.89. The average molecular weight is 292 g/mol. The van der Waals surface area contributed by atoms with Crippen LogP contribution < -0.4 is 10.0 Å². The van der Waals surface area contributed by atoms with Crippen LogP contribution in [0, 0.1) is 5.41 Å². The van der Waals surface area contributed by atoms with Gasteiger partial charge in [-0.25, -0.2) is 13.1 Å². The van der Waals surface area contributed by atoms with Crippen LogP contribution in [0.4, 0.5) is 0 Å². The van der Waals surface area contributed by atoms with E-state index in [-0.39, 0.29) is 23.3 Å². The van der Waals surface area contributed by atoms with Crippen LogP contribution in [-0.2, 0) is 14.8 Å². The van der Waals surface area contributed by atoms with Gasteiger partial charge >= 0.3 is 0 Å². The van der Waals surface area contributed by atoms with Gasteiger partial charge in [0, 0.05) is 24.6 Å². The zero-order valence-electron chi connectivity index (χ0n) is 12.7. The summed E-state index contributed by atoms with van der Waals surface area (Å²) in [5.41, 5.74) is -0.127. The Morgan fingerprint density at radius 1 is 1.37 bits per heavy atom. The Labute approximate surface area is 117 Å². The molecule has 19 heavy (non-hydrogen) atoms. The van der Waals surface area contributed by atoms with Crippen LogP contribution in [0.1, 0.15) is 40.5 Å². The molecule has 0 radical (unpaired) electrons. The third-order valence-electron chi connectivity index (χ3n) is 3.93. The molecular weight excluding hydrogens is 264 g/mol. The molecule has 2 N–H and O–H groups in total. The highest BCUT2D eigenvalue weighted by Crippen LogP contribution is 2.42. The SMILES string of the molecule is COC1CC(NS(=O)(=O)CCCNC(C)C)C1(C)C. The van der Waals surface area contributed by atoms with Gasteiger partial charge in [-0.3, -0.25) is 0 Å². The molecule has 0 spiro atoms. The predicted octanol–water partition coefficient (Wildman–Crippen LogP) is 1.11. The molecule has 0 bridgehead atoms. The average Bonchev–Trinajstić information content (AvgIpc) is 2.29. The summed E-state index contributed by atoms with van der Waals surface area (Å²) >= 11 is 0. The number of ether oxygens (including phenoxy) is 1. The Morgan fingerprint density at radius 3 is 2.47 bits per heavy atom. The van der Waals surface area contributed by atoms with Gasteiger partial charge in [-0.1, -0.05) is 27.7 Å². The lowest BCUT2D eigenvalue weighted by atomic mass is 9.65. The molecule has 0 saturated heterocycles. The maximum Gasteiger partial charge on any atom is 0.211 e. The Hall–Kier alpha value is -0.170. The molecule has 5 nitrogen and oxygen atoms in total. The monoisotopic (exact) mass is 292 g/mol. The molecule has 1 aliphatic rings. The molecule has 1 saturated carbocycles. The van der Waals surface area contributed by atoms with Gasteiger partial charge in [0.1, 0.15) is 0 Å². The summed E-state index contributed by atoms with van der Waals surface area (Å²) in [6.45, 7) is 8.91. The maximum absolute atomic E-state index is 12.0. The van der Waals surface area contributed by atoms with Gasteiger partial charge in [0.25, 0.3) is 0 Å². The first-order valence-corrected chi connectivity index (χ1v) is 8.60. The van der Waals surface area contributed by atoms with Crippen molar-refractivity contribution in [2.24, 2.45) is 5.41 Å². The Balaban J connectivity index is 2.36. The van der Waals surface area contributed by atoms with E-state index in [9.17, 15) is 8.42 Å². The molecule has 1 rings (SSSR count). The summed E-state index contributed by atoms with van der Waals surface area (Å²) in [6.07, 6.45) is 1.53. The first-order chi connectivity index (χ1) is 8.69. The Morgan fingerprint density at radius 2 is 2.00 bits per heavy atom. The quantitative estimate of drug-likeness (QED) is 0.658. The van der Waals surface area contributed by atoms with Gasteiger partial charge in [-0.05, 0) is 19.4 Å². The van der Waals surface area contributed by atoms with Gasteiger partial charge < -0.3 is 10.1 Å². The smallest absolute Gasteiger partial charge is 0.211 e. The fourth-order valence-corrected chi connectivity index (χ4v) is 3.89. The van der Waals surface area contributed by atoms with Crippen LogP contribution in [0.15, 0.2) is 0 Å². The molecule has 114 valence electrons. The van der Waals surface area contributed by atoms with Crippen LogP contribution in [0.5, 0.6) is 0 Å². The van der Waals surface area contributed by atoms with E-state index in [1.165, 1.54) is 0 Å². The fraction of sp³-hybridized carbons (Fsp3) is 1.00. The molecule has 6 heteroatoms. The van der Waals surface area contributed by atoms with Crippen molar-refractivity contribution in [3.63, 3.8) is 0 Å². The zero-order valence-corrected chi connectivity index (χ0v) is 13.5. The fourth-order valence-electron chi connectivity index (χ4n) is 2.41. The Kier molecular flexibility index (Phi) is 5.79. The number of sulfonamides is 1. The third kappa shape index (κ3) is 4.70. The summed E-state index contributed by atoms with van der Waals surface area (Å²) in [6, 6.07) is 0.379. The summed E-state index contributed by atoms with van der Waals surface area (Å²) in [7, 11) is -1.51. The van der Waals surface area contributed by atoms with E-state index in [4.69, 9.17) is 4.74 Å². The van der Waals surface area contributed by atoms with E-state index in [0.29, 0.717) is 12.5 Å². The molecule has 1 fully saturated rings. The van der Waals surface area contributed by atoms with E-state index in [2.05, 4.69) is 23.9 Å². The topological polar surface area (TPSA) is 67.4 Å². The number of rotatable bonds is 8. The van der Waals surface area contributed by atoms with E-state index in [1.54, 1.807) is 7.11 Å². The van der Waals surface area contributed by atoms with Crippen molar-refractivity contribution >= 4 is 10.0 Å². The summed E-state index contributed by atoms with van der Waals surface area (Å²) in [5, 5.41) is 3.22. The second-order valence-electron chi connectivity index (χ2n) is 6.23. The number of hydrogen-bond acceptors (Lipinski definition) is 4. The van der Waals surface area contributed by atoms with Crippen LogP contribution in [0.25, 0.3) is 0 Å². The van der Waals surface area contributed by atoms with E-state index >= 15 is 0 Å². The highest BCUT2D eigenvalue weighted by Gasteiger charge is 2.49. The minimum Gasteiger partial charge on any atom is -0.381 e. The normalized spacial score (nSPS) is 26.4. The van der Waals surface area contributed by atoms with Crippen LogP contribution in [0.2, 0.25) is 0 Å². The molecule has 0 amide bonds. The van der Waals surface area contributed by atoms with Gasteiger partial charge in [-0.15, -0.1) is 0 Å². The molecule has 0 heterocycles. The van der Waals surface area contributed by atoms with Crippen molar-refractivity contribution in [1.82, 2.24) is 10.0 Å². The summed E-state index contributed by atoms with van der Waals surface area (Å²) in [4.78, 5) is 0. The number of methoxy groups -OCH3 is 1. The molecule has 1 aliphatic carbocycles. The third-order valence-corrected chi connectivity index (χ3v) is 5.40. The molecular formula is C13H28N2O3S. The maximum atomic E-state index is 12.0. The summed E-state index contributed by atoms with van der Waals surface area (Å²) in [5.74, 6) is 0.178. The minimum absolute atomic E-state index is 0.0134. The van der Waals surface area contributed by atoms with E-state index in [0.717, 1.165) is 13.0 Å². The number of hydrogen-bond donors (Lipinski definition) is 2. The van der Waals surface area contributed by atoms with Crippen LogP contribution in [0.3, 0.4) is 0 Å². The standard InChI is InChI=1S/C13H28N2O3S/c1-10(2)14-7-6-8-19(16,17)15-11-9-12(18-5)13(11,3)4/h10-12,14-15H,6-9H2,1-5H3. The second-order valence-corrected chi connectivity index (χ2v) is 8.11. The van der Waals surface area contributed by atoms with Crippen molar-refractivity contribution in [1.29, 1.82) is 0 Å². The number of nitrogens with one attached hydrogen (secondary N) is 2. The first-order valence-electron chi connectivity index (χ1n) is 6.95. The van der Waals surface area contributed by atoms with E-state index in [1.807, 2.05) is 13.8 Å². The lowest BCUT2D eigenvalue weighted by Crippen LogP contribution is -2.61. The summed E-state index contributed by atoms with van der Waals surface area (Å²) < 4.78 is 32.1. The van der Waals surface area contributed by atoms with Gasteiger partial charge in [0.05, 0.1) is 11.9 Å². The van der Waals surface area contributed by atoms with Crippen molar-refractivity contribution in [3.05, 3.63) is 0 Å². The first kappa shape index (κ1) is 16.9. The molecule has 0 aromatic rings. The van der Waals surface area contributed by atoms with Gasteiger partial charge in [0.2, 0.25) is 10.0 Å². The van der Waals surface area contributed by atoms with E-state index < -0.39 is 10.0 Å². The van der Waals surface area contributed by atoms with Crippen LogP contribution in [-0.4, -0.2) is 46.0 Å². The molecule has 0 aromatic carbocycles. The van der Waals surface area contributed by atoms with Crippen LogP contribution >= 0.6 is 0 Å². The molecule has 0 aliphatic heterocycles. The lowest BCUT2D eigenvalue weighted by molar-refractivity contribution is -0.0908. The van der Waals surface area contributed by atoms with Crippen molar-refractivity contribution in [2.45, 2.75) is 58.7 Å². The van der Waals surface area contributed by atoms with Gasteiger partial charge in [-0.2, -0.15) is 0 Å². The lowest BCUT2D eigenvalue weighted by Gasteiger charge is -2.51. The molecule has 2 unspecified atom stereocenters. The molecule has 0 aromatic heterocycles. The van der Waals surface area contributed by atoms with Gasteiger partial charge in [0.15, 0.2) is 0 Å². The second kappa shape index (κ2) is 6.52.